The van der Waals surface area contributed by atoms with Crippen LogP contribution in [0.15, 0.2) is 6.07 Å². The second-order valence-corrected chi connectivity index (χ2v) is 5.65. The number of benzene rings is 1. The van der Waals surface area contributed by atoms with Crippen LogP contribution in [0.5, 0.6) is 0 Å². The quantitative estimate of drug-likeness (QED) is 0.303. The minimum absolute atomic E-state index is 0.0996. The molecule has 1 aromatic carbocycles. The van der Waals surface area contributed by atoms with Crippen molar-refractivity contribution in [2.24, 2.45) is 0 Å². The van der Waals surface area contributed by atoms with Gasteiger partial charge in [-0.3, -0.25) is 25.0 Å². The molecule has 0 atom stereocenters. The normalized spacial score (nSPS) is 10.6. The lowest BCUT2D eigenvalue weighted by Crippen LogP contribution is -2.20. The SMILES string of the molecule is CCC(CC)Nc1c([N+](=O)[O-])cc(C)c(COC(=O)CCl)c1[N+](=O)[O-]. The summed E-state index contributed by atoms with van der Waals surface area (Å²) in [5.74, 6) is -1.12. The molecule has 1 aromatic rings. The molecule has 0 spiro atoms. The fraction of sp³-hybridized carbons (Fsp3) is 0.533. The lowest BCUT2D eigenvalue weighted by atomic mass is 10.0. The number of ether oxygens (including phenoxy) is 1. The van der Waals surface area contributed by atoms with Gasteiger partial charge in [0.05, 0.1) is 15.4 Å². The molecule has 9 nitrogen and oxygen atoms in total. The zero-order valence-corrected chi connectivity index (χ0v) is 15.0. The first-order valence-electron chi connectivity index (χ1n) is 7.70. The second kappa shape index (κ2) is 9.16. The number of nitro groups is 2. The number of halogens is 1. The lowest BCUT2D eigenvalue weighted by molar-refractivity contribution is -0.393. The van der Waals surface area contributed by atoms with Gasteiger partial charge in [0.1, 0.15) is 12.5 Å². The highest BCUT2D eigenvalue weighted by Crippen LogP contribution is 2.40. The Balaban J connectivity index is 3.54. The molecule has 1 N–H and O–H groups in total. The van der Waals surface area contributed by atoms with E-state index in [0.29, 0.717) is 12.8 Å². The first-order valence-corrected chi connectivity index (χ1v) is 8.23. The maximum atomic E-state index is 11.6. The fourth-order valence-corrected chi connectivity index (χ4v) is 2.46. The van der Waals surface area contributed by atoms with Crippen LogP contribution in [0.4, 0.5) is 17.1 Å². The van der Waals surface area contributed by atoms with E-state index in [0.717, 1.165) is 0 Å². The van der Waals surface area contributed by atoms with Crippen molar-refractivity contribution >= 4 is 34.6 Å². The Morgan fingerprint density at radius 3 is 2.32 bits per heavy atom. The van der Waals surface area contributed by atoms with Crippen LogP contribution in [-0.4, -0.2) is 27.7 Å². The molecule has 0 saturated carbocycles. The molecule has 0 aliphatic rings. The molecule has 0 bridgehead atoms. The van der Waals surface area contributed by atoms with Gasteiger partial charge in [0.25, 0.3) is 5.69 Å². The molecule has 138 valence electrons. The van der Waals surface area contributed by atoms with E-state index in [1.807, 2.05) is 13.8 Å². The third-order valence-corrected chi connectivity index (χ3v) is 4.03. The molecule has 0 fully saturated rings. The third-order valence-electron chi connectivity index (χ3n) is 3.81. The van der Waals surface area contributed by atoms with Crippen molar-refractivity contribution in [2.75, 3.05) is 11.2 Å². The van der Waals surface area contributed by atoms with Gasteiger partial charge in [-0.15, -0.1) is 11.6 Å². The van der Waals surface area contributed by atoms with Crippen LogP contribution in [0.3, 0.4) is 0 Å². The predicted octanol–water partition coefficient (Wildman–Crippen LogP) is 3.69. The number of nitro benzene ring substituents is 2. The molecule has 0 aromatic heterocycles. The average molecular weight is 374 g/mol. The fourth-order valence-electron chi connectivity index (χ4n) is 2.38. The van der Waals surface area contributed by atoms with Crippen molar-refractivity contribution in [2.45, 2.75) is 46.3 Å². The predicted molar refractivity (Wildman–Crippen MR) is 93.0 cm³/mol. The van der Waals surface area contributed by atoms with Gasteiger partial charge in [0.15, 0.2) is 5.69 Å². The number of anilines is 1. The number of carbonyl (C=O) groups excluding carboxylic acids is 1. The van der Waals surface area contributed by atoms with E-state index in [-0.39, 0.29) is 35.2 Å². The van der Waals surface area contributed by atoms with Crippen LogP contribution < -0.4 is 5.32 Å². The summed E-state index contributed by atoms with van der Waals surface area (Å²) >= 11 is 5.35. The van der Waals surface area contributed by atoms with Crippen molar-refractivity contribution in [1.82, 2.24) is 0 Å². The number of nitrogens with zero attached hydrogens (tertiary/aromatic N) is 2. The first kappa shape index (κ1) is 20.6. The van der Waals surface area contributed by atoms with E-state index in [4.69, 9.17) is 16.3 Å². The molecule has 10 heteroatoms. The van der Waals surface area contributed by atoms with Crippen LogP contribution in [0.1, 0.15) is 37.8 Å². The number of nitrogens with one attached hydrogen (secondary N) is 1. The summed E-state index contributed by atoms with van der Waals surface area (Å²) in [6.45, 7) is 4.85. The Morgan fingerprint density at radius 2 is 1.88 bits per heavy atom. The summed E-state index contributed by atoms with van der Waals surface area (Å²) in [5, 5.41) is 25.9. The summed E-state index contributed by atoms with van der Waals surface area (Å²) in [4.78, 5) is 32.9. The largest absolute Gasteiger partial charge is 0.460 e. The summed E-state index contributed by atoms with van der Waals surface area (Å²) in [6, 6.07) is 1.07. The minimum Gasteiger partial charge on any atom is -0.460 e. The summed E-state index contributed by atoms with van der Waals surface area (Å²) in [5.41, 5.74) is -0.630. The molecule has 0 aliphatic carbocycles. The topological polar surface area (TPSA) is 125 Å². The van der Waals surface area contributed by atoms with Gasteiger partial charge >= 0.3 is 11.7 Å². The van der Waals surface area contributed by atoms with Crippen LogP contribution in [0.25, 0.3) is 0 Å². The molecule has 0 unspecified atom stereocenters. The van der Waals surface area contributed by atoms with E-state index in [1.165, 1.54) is 13.0 Å². The van der Waals surface area contributed by atoms with Crippen molar-refractivity contribution in [3.63, 3.8) is 0 Å². The van der Waals surface area contributed by atoms with Gasteiger partial charge in [-0.1, -0.05) is 13.8 Å². The number of hydrogen-bond acceptors (Lipinski definition) is 7. The Labute approximate surface area is 149 Å². The molecule has 25 heavy (non-hydrogen) atoms. The molecular formula is C15H20ClN3O6. The lowest BCUT2D eigenvalue weighted by Gasteiger charge is -2.18. The molecule has 0 amide bonds. The van der Waals surface area contributed by atoms with Crippen LogP contribution in [0.2, 0.25) is 0 Å². The Hall–Kier alpha value is -2.42. The Morgan fingerprint density at radius 1 is 1.28 bits per heavy atom. The van der Waals surface area contributed by atoms with Crippen molar-refractivity contribution in [1.29, 1.82) is 0 Å². The van der Waals surface area contributed by atoms with E-state index < -0.39 is 27.4 Å². The zero-order chi connectivity index (χ0) is 19.1. The summed E-state index contributed by atoms with van der Waals surface area (Å²) in [6.07, 6.45) is 1.27. The molecule has 0 saturated heterocycles. The van der Waals surface area contributed by atoms with E-state index in [9.17, 15) is 25.0 Å². The standard InChI is InChI=1S/C15H20ClN3O6/c1-4-10(5-2)17-14-12(18(21)22)6-9(3)11(15(14)19(23)24)8-25-13(20)7-16/h6,10,17H,4-5,7-8H2,1-3H3. The zero-order valence-electron chi connectivity index (χ0n) is 14.2. The van der Waals surface area contributed by atoms with Crippen molar-refractivity contribution in [3.8, 4) is 0 Å². The summed E-state index contributed by atoms with van der Waals surface area (Å²) in [7, 11) is 0. The Bertz CT molecular complexity index is 676. The van der Waals surface area contributed by atoms with Gasteiger partial charge < -0.3 is 10.1 Å². The number of alkyl halides is 1. The van der Waals surface area contributed by atoms with Crippen molar-refractivity contribution in [3.05, 3.63) is 37.4 Å². The maximum absolute atomic E-state index is 11.6. The minimum atomic E-state index is -0.733. The van der Waals surface area contributed by atoms with E-state index in [1.54, 1.807) is 0 Å². The number of aryl methyl sites for hydroxylation is 1. The number of carbonyl (C=O) groups is 1. The second-order valence-electron chi connectivity index (χ2n) is 5.38. The van der Waals surface area contributed by atoms with Crippen LogP contribution in [-0.2, 0) is 16.1 Å². The van der Waals surface area contributed by atoms with Gasteiger partial charge in [-0.05, 0) is 25.3 Å². The molecule has 0 heterocycles. The van der Waals surface area contributed by atoms with Gasteiger partial charge in [-0.25, -0.2) is 0 Å². The molecule has 0 radical (unpaired) electrons. The highest BCUT2D eigenvalue weighted by atomic mass is 35.5. The van der Waals surface area contributed by atoms with E-state index >= 15 is 0 Å². The van der Waals surface area contributed by atoms with Gasteiger partial charge in [0.2, 0.25) is 0 Å². The maximum Gasteiger partial charge on any atom is 0.321 e. The van der Waals surface area contributed by atoms with Crippen molar-refractivity contribution < 1.29 is 19.4 Å². The number of esters is 1. The first-order chi connectivity index (χ1) is 11.8. The van der Waals surface area contributed by atoms with Gasteiger partial charge in [0, 0.05) is 12.1 Å². The highest BCUT2D eigenvalue weighted by Gasteiger charge is 2.32. The highest BCUT2D eigenvalue weighted by molar-refractivity contribution is 6.26. The summed E-state index contributed by atoms with van der Waals surface area (Å²) < 4.78 is 4.89. The molecular weight excluding hydrogens is 354 g/mol. The number of rotatable bonds is 9. The van der Waals surface area contributed by atoms with E-state index in [2.05, 4.69) is 5.32 Å². The average Bonchev–Trinajstić information content (AvgIpc) is 2.57. The Kier molecular flexibility index (Phi) is 7.56. The number of hydrogen-bond donors (Lipinski definition) is 1. The molecule has 1 rings (SSSR count). The molecule has 0 aliphatic heterocycles. The smallest absolute Gasteiger partial charge is 0.321 e. The van der Waals surface area contributed by atoms with Crippen LogP contribution >= 0.6 is 11.6 Å². The monoisotopic (exact) mass is 373 g/mol. The van der Waals surface area contributed by atoms with Crippen LogP contribution in [0, 0.1) is 27.2 Å². The third kappa shape index (κ3) is 5.02. The van der Waals surface area contributed by atoms with Gasteiger partial charge in [-0.2, -0.15) is 0 Å².